The zero-order valence-electron chi connectivity index (χ0n) is 17.6. The zero-order valence-corrected chi connectivity index (χ0v) is 17.6. The maximum Gasteiger partial charge on any atom is 0.242 e. The van der Waals surface area contributed by atoms with Gasteiger partial charge in [0.05, 0.1) is 13.1 Å². The fourth-order valence-electron chi connectivity index (χ4n) is 3.45. The molecule has 0 N–H and O–H groups in total. The van der Waals surface area contributed by atoms with E-state index in [0.29, 0.717) is 31.5 Å². The standard InChI is InChI=1S/C22H37N3O2/c1-5-6-7-8-11-21(26)24(15-18(2)3)17-22(27)25(19-12-13-19)16-20-10-9-14-23(20)4/h9-10,14,18-19H,5-8,11-13,15-17H2,1-4H3. The second kappa shape index (κ2) is 10.5. The predicted molar refractivity (Wildman–Crippen MR) is 109 cm³/mol. The Bertz CT molecular complexity index is 604. The van der Waals surface area contributed by atoms with Gasteiger partial charge in [-0.3, -0.25) is 9.59 Å². The Hall–Kier alpha value is -1.78. The highest BCUT2D eigenvalue weighted by Crippen LogP contribution is 2.28. The van der Waals surface area contributed by atoms with Crippen LogP contribution >= 0.6 is 0 Å². The summed E-state index contributed by atoms with van der Waals surface area (Å²) in [6.45, 7) is 7.87. The number of unbranched alkanes of at least 4 members (excludes halogenated alkanes) is 3. The number of carbonyl (C=O) groups excluding carboxylic acids is 2. The first kappa shape index (κ1) is 21.5. The van der Waals surface area contributed by atoms with E-state index in [4.69, 9.17) is 0 Å². The van der Waals surface area contributed by atoms with Crippen molar-refractivity contribution in [2.24, 2.45) is 13.0 Å². The van der Waals surface area contributed by atoms with Gasteiger partial charge in [0.25, 0.3) is 0 Å². The van der Waals surface area contributed by atoms with Crippen molar-refractivity contribution in [2.75, 3.05) is 13.1 Å². The molecule has 0 bridgehead atoms. The maximum absolute atomic E-state index is 13.1. The van der Waals surface area contributed by atoms with E-state index >= 15 is 0 Å². The molecule has 5 nitrogen and oxygen atoms in total. The second-order valence-electron chi connectivity index (χ2n) is 8.34. The Morgan fingerprint density at radius 3 is 2.48 bits per heavy atom. The molecule has 1 aromatic rings. The highest BCUT2D eigenvalue weighted by molar-refractivity contribution is 5.85. The summed E-state index contributed by atoms with van der Waals surface area (Å²) in [6.07, 6.45) is 9.06. The lowest BCUT2D eigenvalue weighted by Gasteiger charge is -2.29. The number of aromatic nitrogens is 1. The molecule has 0 atom stereocenters. The van der Waals surface area contributed by atoms with E-state index in [1.165, 1.54) is 6.42 Å². The van der Waals surface area contributed by atoms with Crippen molar-refractivity contribution in [3.05, 3.63) is 24.0 Å². The molecule has 0 aliphatic heterocycles. The van der Waals surface area contributed by atoms with Crippen LogP contribution in [0.25, 0.3) is 0 Å². The molecule has 0 spiro atoms. The van der Waals surface area contributed by atoms with Crippen LogP contribution in [0.2, 0.25) is 0 Å². The molecule has 2 amide bonds. The van der Waals surface area contributed by atoms with Gasteiger partial charge in [0.1, 0.15) is 0 Å². The van der Waals surface area contributed by atoms with Crippen LogP contribution in [-0.4, -0.2) is 45.3 Å². The van der Waals surface area contributed by atoms with E-state index in [9.17, 15) is 9.59 Å². The van der Waals surface area contributed by atoms with Gasteiger partial charge in [-0.05, 0) is 37.3 Å². The average molecular weight is 376 g/mol. The molecule has 152 valence electrons. The first-order chi connectivity index (χ1) is 12.9. The molecule has 1 aromatic heterocycles. The van der Waals surface area contributed by atoms with Gasteiger partial charge < -0.3 is 14.4 Å². The van der Waals surface area contributed by atoms with E-state index in [2.05, 4.69) is 31.4 Å². The average Bonchev–Trinajstić information content (AvgIpc) is 3.37. The summed E-state index contributed by atoms with van der Waals surface area (Å²) in [6, 6.07) is 4.41. The Balaban J connectivity index is 1.97. The molecule has 1 aliphatic rings. The molecule has 0 aromatic carbocycles. The number of hydrogen-bond acceptors (Lipinski definition) is 2. The fraction of sp³-hybridized carbons (Fsp3) is 0.727. The van der Waals surface area contributed by atoms with E-state index in [1.807, 2.05) is 24.2 Å². The van der Waals surface area contributed by atoms with Crippen molar-refractivity contribution in [1.29, 1.82) is 0 Å². The number of carbonyl (C=O) groups is 2. The summed E-state index contributed by atoms with van der Waals surface area (Å²) in [5.74, 6) is 0.573. The highest BCUT2D eigenvalue weighted by Gasteiger charge is 2.34. The van der Waals surface area contributed by atoms with Gasteiger partial charge in [-0.1, -0.05) is 40.0 Å². The van der Waals surface area contributed by atoms with Crippen LogP contribution in [0.15, 0.2) is 18.3 Å². The van der Waals surface area contributed by atoms with Gasteiger partial charge in [-0.15, -0.1) is 0 Å². The highest BCUT2D eigenvalue weighted by atomic mass is 16.2. The molecular formula is C22H37N3O2. The molecule has 5 heteroatoms. The van der Waals surface area contributed by atoms with Crippen molar-refractivity contribution in [1.82, 2.24) is 14.4 Å². The lowest BCUT2D eigenvalue weighted by molar-refractivity contribution is -0.141. The van der Waals surface area contributed by atoms with Crippen LogP contribution in [0.3, 0.4) is 0 Å². The fourth-order valence-corrected chi connectivity index (χ4v) is 3.45. The van der Waals surface area contributed by atoms with Crippen LogP contribution in [0, 0.1) is 5.92 Å². The van der Waals surface area contributed by atoms with Gasteiger partial charge in [0.15, 0.2) is 0 Å². The number of nitrogens with zero attached hydrogens (tertiary/aromatic N) is 3. The molecule has 0 unspecified atom stereocenters. The Morgan fingerprint density at radius 1 is 1.19 bits per heavy atom. The topological polar surface area (TPSA) is 45.6 Å². The zero-order chi connectivity index (χ0) is 19.8. The number of amides is 2. The molecule has 1 saturated carbocycles. The Labute approximate surface area is 164 Å². The van der Waals surface area contributed by atoms with Gasteiger partial charge in [-0.25, -0.2) is 0 Å². The van der Waals surface area contributed by atoms with Crippen LogP contribution in [-0.2, 0) is 23.2 Å². The van der Waals surface area contributed by atoms with Gasteiger partial charge >= 0.3 is 0 Å². The van der Waals surface area contributed by atoms with E-state index in [0.717, 1.165) is 37.8 Å². The largest absolute Gasteiger partial charge is 0.353 e. The monoisotopic (exact) mass is 375 g/mol. The third-order valence-corrected chi connectivity index (χ3v) is 5.20. The minimum atomic E-state index is 0.0845. The molecule has 2 rings (SSSR count). The third kappa shape index (κ3) is 7.04. The SMILES string of the molecule is CCCCCCC(=O)N(CC(=O)N(Cc1cccn1C)C1CC1)CC(C)C. The second-order valence-corrected chi connectivity index (χ2v) is 8.34. The van der Waals surface area contributed by atoms with Crippen molar-refractivity contribution in [3.63, 3.8) is 0 Å². The normalized spacial score (nSPS) is 13.8. The molecule has 0 saturated heterocycles. The molecular weight excluding hydrogens is 338 g/mol. The van der Waals surface area contributed by atoms with Crippen LogP contribution < -0.4 is 0 Å². The van der Waals surface area contributed by atoms with Crippen molar-refractivity contribution in [3.8, 4) is 0 Å². The minimum absolute atomic E-state index is 0.0845. The van der Waals surface area contributed by atoms with Gasteiger partial charge in [0.2, 0.25) is 11.8 Å². The van der Waals surface area contributed by atoms with Gasteiger partial charge in [-0.2, -0.15) is 0 Å². The summed E-state index contributed by atoms with van der Waals surface area (Å²) in [5, 5.41) is 0. The predicted octanol–water partition coefficient (Wildman–Crippen LogP) is 3.97. The van der Waals surface area contributed by atoms with Crippen LogP contribution in [0.4, 0.5) is 0 Å². The molecule has 1 fully saturated rings. The first-order valence-electron chi connectivity index (χ1n) is 10.6. The summed E-state index contributed by atoms with van der Waals surface area (Å²) in [4.78, 5) is 29.5. The number of hydrogen-bond donors (Lipinski definition) is 0. The minimum Gasteiger partial charge on any atom is -0.353 e. The van der Waals surface area contributed by atoms with Crippen molar-refractivity contribution >= 4 is 11.8 Å². The molecule has 0 radical (unpaired) electrons. The van der Waals surface area contributed by atoms with E-state index in [1.54, 1.807) is 4.90 Å². The van der Waals surface area contributed by atoms with Crippen LogP contribution in [0.1, 0.15) is 71.4 Å². The molecule has 27 heavy (non-hydrogen) atoms. The summed E-state index contributed by atoms with van der Waals surface area (Å²) >= 11 is 0. The molecule has 1 heterocycles. The quantitative estimate of drug-likeness (QED) is 0.519. The summed E-state index contributed by atoms with van der Waals surface area (Å²) in [7, 11) is 2.01. The Kier molecular flexibility index (Phi) is 8.39. The summed E-state index contributed by atoms with van der Waals surface area (Å²) in [5.41, 5.74) is 1.14. The summed E-state index contributed by atoms with van der Waals surface area (Å²) < 4.78 is 2.06. The number of rotatable bonds is 12. The maximum atomic E-state index is 13.1. The number of aryl methyl sites for hydroxylation is 1. The van der Waals surface area contributed by atoms with E-state index in [-0.39, 0.29) is 18.4 Å². The first-order valence-corrected chi connectivity index (χ1v) is 10.6. The lowest BCUT2D eigenvalue weighted by atomic mass is 10.1. The van der Waals surface area contributed by atoms with Crippen molar-refractivity contribution < 1.29 is 9.59 Å². The van der Waals surface area contributed by atoms with Crippen LogP contribution in [0.5, 0.6) is 0 Å². The molecule has 1 aliphatic carbocycles. The van der Waals surface area contributed by atoms with E-state index < -0.39 is 0 Å². The van der Waals surface area contributed by atoms with Gasteiger partial charge in [0, 0.05) is 37.9 Å². The lowest BCUT2D eigenvalue weighted by Crippen LogP contribution is -2.45. The Morgan fingerprint density at radius 2 is 1.93 bits per heavy atom. The third-order valence-electron chi connectivity index (χ3n) is 5.20. The van der Waals surface area contributed by atoms with Crippen molar-refractivity contribution in [2.45, 2.75) is 78.3 Å². The smallest absolute Gasteiger partial charge is 0.242 e.